The van der Waals surface area contributed by atoms with E-state index in [-0.39, 0.29) is 0 Å². The molecule has 0 unspecified atom stereocenters. The Morgan fingerprint density at radius 2 is 1.00 bits per heavy atom. The minimum Gasteiger partial charge on any atom is -0.378 e. The van der Waals surface area contributed by atoms with Crippen LogP contribution in [0.5, 0.6) is 0 Å². The van der Waals surface area contributed by atoms with E-state index in [1.165, 1.54) is 30.7 Å². The summed E-state index contributed by atoms with van der Waals surface area (Å²) < 4.78 is 2.45. The molecule has 0 spiro atoms. The molecule has 0 fully saturated rings. The van der Waals surface area contributed by atoms with Crippen LogP contribution >= 0.6 is 31.9 Å². The molecule has 2 rings (SSSR count). The lowest BCUT2D eigenvalue weighted by Crippen LogP contribution is -2.63. The molecule has 0 amide bonds. The summed E-state index contributed by atoms with van der Waals surface area (Å²) in [5.74, 6) is 0. The number of hydrogen-bond acceptors (Lipinski definition) is 2. The van der Waals surface area contributed by atoms with Crippen molar-refractivity contribution < 1.29 is 0 Å². The van der Waals surface area contributed by atoms with E-state index < -0.39 is 8.07 Å². The lowest BCUT2D eigenvalue weighted by atomic mass is 10.3. The summed E-state index contributed by atoms with van der Waals surface area (Å²) in [6.45, 7) is 9.59. The number of nitrogens with zero attached hydrogens (tertiary/aromatic N) is 2. The lowest BCUT2D eigenvalue weighted by Gasteiger charge is -2.42. The first-order valence-electron chi connectivity index (χ1n) is 9.48. The van der Waals surface area contributed by atoms with Crippen molar-refractivity contribution >= 4 is 61.7 Å². The van der Waals surface area contributed by atoms with Crippen molar-refractivity contribution in [3.63, 3.8) is 0 Å². The van der Waals surface area contributed by atoms with Gasteiger partial charge in [-0.05, 0) is 57.9 Å². The molecule has 148 valence electrons. The van der Waals surface area contributed by atoms with Crippen molar-refractivity contribution in [3.05, 3.63) is 45.3 Å². The molecule has 0 aliphatic heterocycles. The molecule has 0 heterocycles. The van der Waals surface area contributed by atoms with Crippen molar-refractivity contribution in [2.45, 2.75) is 38.8 Å². The van der Waals surface area contributed by atoms with Gasteiger partial charge >= 0.3 is 0 Å². The maximum Gasteiger partial charge on any atom is 0.126 e. The molecular weight excluding hydrogens is 480 g/mol. The second-order valence-electron chi connectivity index (χ2n) is 8.30. The minimum absolute atomic E-state index is 0.555. The van der Waals surface area contributed by atoms with Crippen molar-refractivity contribution in [2.75, 3.05) is 38.0 Å². The molecule has 0 aliphatic carbocycles. The van der Waals surface area contributed by atoms with Crippen molar-refractivity contribution in [3.8, 4) is 0 Å². The molecule has 5 heteroatoms. The van der Waals surface area contributed by atoms with Gasteiger partial charge in [0.25, 0.3) is 0 Å². The molecule has 2 nitrogen and oxygen atoms in total. The highest BCUT2D eigenvalue weighted by atomic mass is 79.9. The Labute approximate surface area is 183 Å². The summed E-state index contributed by atoms with van der Waals surface area (Å²) in [6, 6.07) is 13.6. The fourth-order valence-corrected chi connectivity index (χ4v) is 12.6. The predicted octanol–water partition coefficient (Wildman–Crippen LogP) is 5.73. The average Bonchev–Trinajstić information content (AvgIpc) is 2.57. The van der Waals surface area contributed by atoms with Crippen LogP contribution in [0.2, 0.25) is 11.1 Å². The third-order valence-corrected chi connectivity index (χ3v) is 14.0. The third-order valence-electron chi connectivity index (χ3n) is 5.65. The second-order valence-corrected chi connectivity index (χ2v) is 15.1. The van der Waals surface area contributed by atoms with Crippen LogP contribution in [-0.4, -0.2) is 36.3 Å². The van der Waals surface area contributed by atoms with Crippen LogP contribution in [0, 0.1) is 0 Å². The van der Waals surface area contributed by atoms with Gasteiger partial charge in [-0.3, -0.25) is 0 Å². The van der Waals surface area contributed by atoms with Gasteiger partial charge in [0, 0.05) is 48.5 Å². The topological polar surface area (TPSA) is 6.48 Å². The van der Waals surface area contributed by atoms with Crippen LogP contribution in [0.1, 0.15) is 27.7 Å². The first-order valence-corrected chi connectivity index (χ1v) is 13.2. The molecule has 2 aromatic carbocycles. The van der Waals surface area contributed by atoms with Crippen molar-refractivity contribution in [1.82, 2.24) is 0 Å². The Balaban J connectivity index is 2.92. The third kappa shape index (κ3) is 4.15. The van der Waals surface area contributed by atoms with E-state index in [1.807, 2.05) is 0 Å². The van der Waals surface area contributed by atoms with Gasteiger partial charge in [0.2, 0.25) is 0 Å². The van der Waals surface area contributed by atoms with E-state index in [4.69, 9.17) is 0 Å². The highest BCUT2D eigenvalue weighted by Gasteiger charge is 2.46. The Hall–Kier alpha value is -0.783. The average molecular weight is 512 g/mol. The Morgan fingerprint density at radius 3 is 1.26 bits per heavy atom. The quantitative estimate of drug-likeness (QED) is 0.457. The van der Waals surface area contributed by atoms with E-state index in [0.717, 1.165) is 0 Å². The molecule has 0 radical (unpaired) electrons. The van der Waals surface area contributed by atoms with E-state index >= 15 is 0 Å². The zero-order valence-electron chi connectivity index (χ0n) is 17.8. The molecule has 0 aliphatic rings. The summed E-state index contributed by atoms with van der Waals surface area (Å²) in [4.78, 5) is 4.39. The summed E-state index contributed by atoms with van der Waals surface area (Å²) in [5.41, 5.74) is 3.62. The van der Waals surface area contributed by atoms with Gasteiger partial charge in [-0.1, -0.05) is 59.6 Å². The van der Waals surface area contributed by atoms with Crippen LogP contribution in [-0.2, 0) is 0 Å². The fraction of sp³-hybridized carbons (Fsp3) is 0.455. The van der Waals surface area contributed by atoms with E-state index in [0.29, 0.717) is 11.1 Å². The fourth-order valence-electron chi connectivity index (χ4n) is 4.27. The van der Waals surface area contributed by atoms with E-state index in [9.17, 15) is 0 Å². The van der Waals surface area contributed by atoms with Crippen LogP contribution in [0.15, 0.2) is 45.3 Å². The van der Waals surface area contributed by atoms with Crippen molar-refractivity contribution in [2.24, 2.45) is 0 Å². The summed E-state index contributed by atoms with van der Waals surface area (Å²) in [6.07, 6.45) is 0. The molecular formula is C22H32Br2N2Si. The van der Waals surface area contributed by atoms with Gasteiger partial charge in [0.05, 0.1) is 0 Å². The van der Waals surface area contributed by atoms with Crippen LogP contribution in [0.3, 0.4) is 0 Å². The Bertz CT molecular complexity index is 733. The monoisotopic (exact) mass is 510 g/mol. The highest BCUT2D eigenvalue weighted by Crippen LogP contribution is 2.37. The second kappa shape index (κ2) is 8.71. The zero-order chi connectivity index (χ0) is 20.5. The van der Waals surface area contributed by atoms with Crippen LogP contribution < -0.4 is 20.2 Å². The van der Waals surface area contributed by atoms with Gasteiger partial charge in [-0.25, -0.2) is 0 Å². The summed E-state index contributed by atoms with van der Waals surface area (Å²) >= 11 is 7.82. The SMILES string of the molecule is CC(C)[Si](c1cc(N(C)C)ccc1Br)(c1cc(N(C)C)ccc1Br)C(C)C. The van der Waals surface area contributed by atoms with E-state index in [2.05, 4.69) is 134 Å². The molecule has 27 heavy (non-hydrogen) atoms. The Kier molecular flexibility index (Phi) is 7.26. The molecule has 0 N–H and O–H groups in total. The summed E-state index contributed by atoms with van der Waals surface area (Å²) in [5, 5.41) is 2.96. The first-order chi connectivity index (χ1) is 12.5. The highest BCUT2D eigenvalue weighted by molar-refractivity contribution is 9.11. The molecule has 2 aromatic rings. The Morgan fingerprint density at radius 1 is 0.667 bits per heavy atom. The number of halogens is 2. The minimum atomic E-state index is -2.09. The summed E-state index contributed by atoms with van der Waals surface area (Å²) in [7, 11) is 6.37. The first kappa shape index (κ1) is 22.5. The van der Waals surface area contributed by atoms with Crippen LogP contribution in [0.25, 0.3) is 0 Å². The van der Waals surface area contributed by atoms with Gasteiger partial charge in [-0.15, -0.1) is 0 Å². The molecule has 0 aromatic heterocycles. The molecule has 0 saturated carbocycles. The number of benzene rings is 2. The van der Waals surface area contributed by atoms with Gasteiger partial charge in [0.1, 0.15) is 8.07 Å². The lowest BCUT2D eigenvalue weighted by molar-refractivity contribution is 0.926. The van der Waals surface area contributed by atoms with Gasteiger partial charge in [-0.2, -0.15) is 0 Å². The van der Waals surface area contributed by atoms with Gasteiger partial charge < -0.3 is 9.80 Å². The normalized spacial score (nSPS) is 12.0. The number of rotatable bonds is 6. The number of hydrogen-bond donors (Lipinski definition) is 0. The van der Waals surface area contributed by atoms with Gasteiger partial charge in [0.15, 0.2) is 0 Å². The smallest absolute Gasteiger partial charge is 0.126 e. The van der Waals surface area contributed by atoms with Crippen molar-refractivity contribution in [1.29, 1.82) is 0 Å². The number of anilines is 2. The predicted molar refractivity (Wildman–Crippen MR) is 132 cm³/mol. The zero-order valence-corrected chi connectivity index (χ0v) is 21.9. The molecule has 0 saturated heterocycles. The van der Waals surface area contributed by atoms with E-state index in [1.54, 1.807) is 0 Å². The maximum absolute atomic E-state index is 3.91. The van der Waals surface area contributed by atoms with Crippen LogP contribution in [0.4, 0.5) is 11.4 Å². The largest absolute Gasteiger partial charge is 0.378 e. The molecule has 0 atom stereocenters. The standard InChI is InChI=1S/C22H32Br2N2Si/c1-15(2)27(16(3)4,21-13-17(25(5)6)9-11-19(21)23)22-14-18(26(7)8)10-12-20(22)24/h9-16H,1-8H3. The molecule has 0 bridgehead atoms. The maximum atomic E-state index is 3.91.